The number of hydrogen-bond acceptors (Lipinski definition) is 4. The molecule has 2 N–H and O–H groups in total. The molecule has 1 aliphatic heterocycles. The van der Waals surface area contributed by atoms with Gasteiger partial charge in [-0.05, 0) is 63.6 Å². The van der Waals surface area contributed by atoms with Gasteiger partial charge in [-0.15, -0.1) is 0 Å². The maximum absolute atomic E-state index is 12.3. The van der Waals surface area contributed by atoms with Gasteiger partial charge in [0.25, 0.3) is 0 Å². The van der Waals surface area contributed by atoms with Gasteiger partial charge in [0.05, 0.1) is 12.9 Å². The van der Waals surface area contributed by atoms with E-state index in [2.05, 4.69) is 10.0 Å². The van der Waals surface area contributed by atoms with Crippen LogP contribution < -0.4 is 14.8 Å². The standard InChI is InChI=1S/C20H33N3O4S/c1-20(2,3)22-19(24)23-12-9-17(10-13-23)15-21-28(25,26)14-11-16-5-7-18(27-4)8-6-16/h5-8,17,21H,9-15H2,1-4H3,(H,22,24). The third-order valence-corrected chi connectivity index (χ3v) is 6.14. The zero-order valence-electron chi connectivity index (χ0n) is 17.3. The van der Waals surface area contributed by atoms with Crippen molar-refractivity contribution < 1.29 is 17.9 Å². The Balaban J connectivity index is 1.72. The van der Waals surface area contributed by atoms with E-state index in [1.54, 1.807) is 12.0 Å². The second kappa shape index (κ2) is 9.60. The monoisotopic (exact) mass is 411 g/mol. The summed E-state index contributed by atoms with van der Waals surface area (Å²) in [5.41, 5.74) is 0.706. The van der Waals surface area contributed by atoms with E-state index in [1.807, 2.05) is 45.0 Å². The number of carbonyl (C=O) groups is 1. The molecule has 2 rings (SSSR count). The Kier molecular flexibility index (Phi) is 7.71. The molecule has 1 heterocycles. The van der Waals surface area contributed by atoms with Crippen LogP contribution in [0.25, 0.3) is 0 Å². The largest absolute Gasteiger partial charge is 0.497 e. The highest BCUT2D eigenvalue weighted by molar-refractivity contribution is 7.89. The van der Waals surface area contributed by atoms with Crippen LogP contribution in [0, 0.1) is 5.92 Å². The highest BCUT2D eigenvalue weighted by Crippen LogP contribution is 2.18. The van der Waals surface area contributed by atoms with Gasteiger partial charge in [0.2, 0.25) is 10.0 Å². The van der Waals surface area contributed by atoms with E-state index < -0.39 is 10.0 Å². The fraction of sp³-hybridized carbons (Fsp3) is 0.650. The van der Waals surface area contributed by atoms with E-state index in [9.17, 15) is 13.2 Å². The molecule has 0 radical (unpaired) electrons. The number of amides is 2. The molecule has 0 spiro atoms. The third kappa shape index (κ3) is 7.67. The van der Waals surface area contributed by atoms with Gasteiger partial charge in [0.15, 0.2) is 0 Å². The molecule has 0 aliphatic carbocycles. The maximum atomic E-state index is 12.3. The lowest BCUT2D eigenvalue weighted by Gasteiger charge is -2.34. The van der Waals surface area contributed by atoms with Crippen LogP contribution in [0.4, 0.5) is 4.79 Å². The molecule has 1 aromatic carbocycles. The molecular formula is C20H33N3O4S. The second-order valence-corrected chi connectivity index (χ2v) is 10.3. The molecular weight excluding hydrogens is 378 g/mol. The number of rotatable bonds is 7. The van der Waals surface area contributed by atoms with Crippen molar-refractivity contribution in [2.24, 2.45) is 5.92 Å². The van der Waals surface area contributed by atoms with Crippen LogP contribution in [0.15, 0.2) is 24.3 Å². The zero-order chi connectivity index (χ0) is 20.8. The number of hydrogen-bond donors (Lipinski definition) is 2. The molecule has 1 saturated heterocycles. The molecule has 0 aromatic heterocycles. The molecule has 1 aromatic rings. The molecule has 7 nitrogen and oxygen atoms in total. The van der Waals surface area contributed by atoms with E-state index >= 15 is 0 Å². The number of ether oxygens (including phenoxy) is 1. The minimum atomic E-state index is -3.32. The lowest BCUT2D eigenvalue weighted by atomic mass is 9.97. The number of likely N-dealkylation sites (tertiary alicyclic amines) is 1. The molecule has 158 valence electrons. The van der Waals surface area contributed by atoms with E-state index in [0.29, 0.717) is 26.1 Å². The fourth-order valence-corrected chi connectivity index (χ4v) is 4.24. The topological polar surface area (TPSA) is 87.7 Å². The van der Waals surface area contributed by atoms with E-state index in [-0.39, 0.29) is 23.2 Å². The SMILES string of the molecule is COc1ccc(CCS(=O)(=O)NCC2CCN(C(=O)NC(C)(C)C)CC2)cc1. The number of methoxy groups -OCH3 is 1. The van der Waals surface area contributed by atoms with Crippen LogP contribution in [-0.2, 0) is 16.4 Å². The predicted octanol–water partition coefficient (Wildman–Crippen LogP) is 2.38. The van der Waals surface area contributed by atoms with Crippen molar-refractivity contribution in [3.63, 3.8) is 0 Å². The molecule has 28 heavy (non-hydrogen) atoms. The number of piperidine rings is 1. The van der Waals surface area contributed by atoms with E-state index in [1.165, 1.54) is 0 Å². The summed E-state index contributed by atoms with van der Waals surface area (Å²) >= 11 is 0. The lowest BCUT2D eigenvalue weighted by Crippen LogP contribution is -2.51. The highest BCUT2D eigenvalue weighted by atomic mass is 32.2. The number of nitrogens with one attached hydrogen (secondary N) is 2. The molecule has 2 amide bonds. The summed E-state index contributed by atoms with van der Waals surface area (Å²) in [4.78, 5) is 14.0. The van der Waals surface area contributed by atoms with Gasteiger partial charge in [-0.1, -0.05) is 12.1 Å². The zero-order valence-corrected chi connectivity index (χ0v) is 18.1. The highest BCUT2D eigenvalue weighted by Gasteiger charge is 2.25. The third-order valence-electron chi connectivity index (χ3n) is 4.79. The maximum Gasteiger partial charge on any atom is 0.317 e. The molecule has 0 saturated carbocycles. The summed E-state index contributed by atoms with van der Waals surface area (Å²) < 4.78 is 32.4. The predicted molar refractivity (Wildman–Crippen MR) is 111 cm³/mol. The average Bonchev–Trinajstić information content (AvgIpc) is 2.64. The molecule has 0 atom stereocenters. The van der Waals surface area contributed by atoms with Crippen molar-refractivity contribution in [2.45, 2.75) is 45.6 Å². The quantitative estimate of drug-likeness (QED) is 0.721. The van der Waals surface area contributed by atoms with Crippen molar-refractivity contribution in [3.8, 4) is 5.75 Å². The number of benzene rings is 1. The summed E-state index contributed by atoms with van der Waals surface area (Å²) in [6.45, 7) is 7.61. The van der Waals surface area contributed by atoms with Crippen molar-refractivity contribution in [1.82, 2.24) is 14.9 Å². The van der Waals surface area contributed by atoms with Gasteiger partial charge < -0.3 is 15.0 Å². The van der Waals surface area contributed by atoms with Crippen molar-refractivity contribution in [3.05, 3.63) is 29.8 Å². The van der Waals surface area contributed by atoms with Gasteiger partial charge >= 0.3 is 6.03 Å². The first-order valence-electron chi connectivity index (χ1n) is 9.75. The van der Waals surface area contributed by atoms with E-state index in [4.69, 9.17) is 4.74 Å². The van der Waals surface area contributed by atoms with Crippen molar-refractivity contribution >= 4 is 16.1 Å². The molecule has 0 bridgehead atoms. The van der Waals surface area contributed by atoms with Crippen LogP contribution in [-0.4, -0.2) is 57.4 Å². The van der Waals surface area contributed by atoms with Gasteiger partial charge in [0.1, 0.15) is 5.75 Å². The van der Waals surface area contributed by atoms with Crippen LogP contribution in [0.2, 0.25) is 0 Å². The Hall–Kier alpha value is -1.80. The fourth-order valence-electron chi connectivity index (χ4n) is 3.10. The van der Waals surface area contributed by atoms with Crippen LogP contribution in [0.1, 0.15) is 39.2 Å². The molecule has 1 fully saturated rings. The lowest BCUT2D eigenvalue weighted by molar-refractivity contribution is 0.163. The number of urea groups is 1. The number of aryl methyl sites for hydroxylation is 1. The van der Waals surface area contributed by atoms with Crippen molar-refractivity contribution in [2.75, 3.05) is 32.5 Å². The number of carbonyl (C=O) groups excluding carboxylic acids is 1. The first kappa shape index (κ1) is 22.5. The van der Waals surface area contributed by atoms with Crippen LogP contribution in [0.3, 0.4) is 0 Å². The minimum Gasteiger partial charge on any atom is -0.497 e. The molecule has 1 aliphatic rings. The van der Waals surface area contributed by atoms with Crippen molar-refractivity contribution in [1.29, 1.82) is 0 Å². The Bertz CT molecular complexity index is 734. The summed E-state index contributed by atoms with van der Waals surface area (Å²) in [7, 11) is -1.72. The van der Waals surface area contributed by atoms with Crippen LogP contribution >= 0.6 is 0 Å². The average molecular weight is 412 g/mol. The van der Waals surface area contributed by atoms with Crippen LogP contribution in [0.5, 0.6) is 5.75 Å². The minimum absolute atomic E-state index is 0.0500. The van der Waals surface area contributed by atoms with E-state index in [0.717, 1.165) is 24.2 Å². The number of sulfonamides is 1. The normalized spacial score (nSPS) is 16.1. The van der Waals surface area contributed by atoms with Gasteiger partial charge in [-0.25, -0.2) is 17.9 Å². The molecule has 0 unspecified atom stereocenters. The first-order valence-corrected chi connectivity index (χ1v) is 11.4. The van der Waals surface area contributed by atoms with Gasteiger partial charge in [-0.3, -0.25) is 0 Å². The Morgan fingerprint density at radius 1 is 1.18 bits per heavy atom. The smallest absolute Gasteiger partial charge is 0.317 e. The summed E-state index contributed by atoms with van der Waals surface area (Å²) in [6.07, 6.45) is 2.07. The molecule has 8 heteroatoms. The number of nitrogens with zero attached hydrogens (tertiary/aromatic N) is 1. The summed E-state index contributed by atoms with van der Waals surface area (Å²) in [5, 5.41) is 2.97. The Morgan fingerprint density at radius 2 is 1.79 bits per heavy atom. The first-order chi connectivity index (χ1) is 13.1. The van der Waals surface area contributed by atoms with Gasteiger partial charge in [-0.2, -0.15) is 0 Å². The Labute approximate surface area is 168 Å². The summed E-state index contributed by atoms with van der Waals surface area (Å²) in [6, 6.07) is 7.38. The Morgan fingerprint density at radius 3 is 2.32 bits per heavy atom. The second-order valence-electron chi connectivity index (χ2n) is 8.38. The van der Waals surface area contributed by atoms with Gasteiger partial charge in [0, 0.05) is 25.2 Å². The summed E-state index contributed by atoms with van der Waals surface area (Å²) in [5.74, 6) is 1.08.